The molecule has 2 heterocycles. The summed E-state index contributed by atoms with van der Waals surface area (Å²) < 4.78 is 0. The van der Waals surface area contributed by atoms with Crippen LogP contribution in [0.3, 0.4) is 0 Å². The second-order valence-electron chi connectivity index (χ2n) is 8.10. The molecular formula is C25H25N3O3. The lowest BCUT2D eigenvalue weighted by Crippen LogP contribution is -2.31. The van der Waals surface area contributed by atoms with E-state index >= 15 is 0 Å². The number of carbonyl (C=O) groups excluding carboxylic acids is 1. The molecule has 31 heavy (non-hydrogen) atoms. The minimum absolute atomic E-state index is 0.0754. The highest BCUT2D eigenvalue weighted by Crippen LogP contribution is 2.33. The quantitative estimate of drug-likeness (QED) is 0.601. The molecule has 1 fully saturated rings. The van der Waals surface area contributed by atoms with Crippen molar-refractivity contribution in [1.29, 1.82) is 0 Å². The molecule has 0 unspecified atom stereocenters. The topological polar surface area (TPSA) is 83.4 Å². The van der Waals surface area contributed by atoms with E-state index in [4.69, 9.17) is 5.11 Å². The summed E-state index contributed by atoms with van der Waals surface area (Å²) in [5, 5.41) is 9.12. The fraction of sp³-hybridized carbons (Fsp3) is 0.280. The van der Waals surface area contributed by atoms with E-state index in [1.165, 1.54) is 0 Å². The zero-order valence-electron chi connectivity index (χ0n) is 17.5. The molecule has 0 bridgehead atoms. The number of aromatic nitrogens is 2. The molecule has 1 saturated carbocycles. The van der Waals surface area contributed by atoms with Crippen molar-refractivity contribution in [3.8, 4) is 11.1 Å². The molecule has 1 amide bonds. The van der Waals surface area contributed by atoms with E-state index in [1.54, 1.807) is 18.6 Å². The largest absolute Gasteiger partial charge is 0.481 e. The number of amides is 1. The molecule has 0 aliphatic heterocycles. The number of benzene rings is 1. The van der Waals surface area contributed by atoms with E-state index in [0.29, 0.717) is 18.7 Å². The number of carbonyl (C=O) groups is 2. The van der Waals surface area contributed by atoms with Gasteiger partial charge in [0, 0.05) is 36.6 Å². The summed E-state index contributed by atoms with van der Waals surface area (Å²) in [5.74, 6) is -0.618. The molecule has 4 rings (SSSR count). The van der Waals surface area contributed by atoms with Crippen molar-refractivity contribution in [2.45, 2.75) is 39.3 Å². The van der Waals surface area contributed by atoms with Crippen molar-refractivity contribution in [2.24, 2.45) is 5.92 Å². The molecule has 158 valence electrons. The normalized spacial score (nSPS) is 13.1. The number of nitrogens with zero attached hydrogens (tertiary/aromatic N) is 3. The van der Waals surface area contributed by atoms with Crippen LogP contribution in [-0.4, -0.2) is 31.9 Å². The van der Waals surface area contributed by atoms with Gasteiger partial charge in [-0.2, -0.15) is 0 Å². The van der Waals surface area contributed by atoms with E-state index < -0.39 is 5.97 Å². The van der Waals surface area contributed by atoms with E-state index in [9.17, 15) is 9.59 Å². The van der Waals surface area contributed by atoms with Crippen LogP contribution < -0.4 is 0 Å². The van der Waals surface area contributed by atoms with Crippen LogP contribution in [0.1, 0.15) is 35.2 Å². The maximum absolute atomic E-state index is 13.0. The number of pyridine rings is 2. The van der Waals surface area contributed by atoms with E-state index in [0.717, 1.165) is 40.8 Å². The second kappa shape index (κ2) is 9.08. The van der Waals surface area contributed by atoms with Crippen molar-refractivity contribution in [2.75, 3.05) is 0 Å². The van der Waals surface area contributed by atoms with Crippen LogP contribution in [0.2, 0.25) is 0 Å². The van der Waals surface area contributed by atoms with Gasteiger partial charge in [0.15, 0.2) is 0 Å². The number of carboxylic acid groups (broad SMARTS) is 1. The lowest BCUT2D eigenvalue weighted by molar-refractivity contribution is -0.136. The maximum atomic E-state index is 13.0. The van der Waals surface area contributed by atoms with Crippen LogP contribution in [0.15, 0.2) is 61.1 Å². The first kappa shape index (κ1) is 20.7. The van der Waals surface area contributed by atoms with Crippen LogP contribution in [0, 0.1) is 12.8 Å². The van der Waals surface area contributed by atoms with Crippen LogP contribution in [0.25, 0.3) is 11.1 Å². The maximum Gasteiger partial charge on any atom is 0.307 e. The molecule has 2 aromatic heterocycles. The van der Waals surface area contributed by atoms with Gasteiger partial charge in [-0.3, -0.25) is 19.6 Å². The summed E-state index contributed by atoms with van der Waals surface area (Å²) >= 11 is 0. The zero-order valence-corrected chi connectivity index (χ0v) is 17.5. The Morgan fingerprint density at radius 1 is 1.10 bits per heavy atom. The fourth-order valence-corrected chi connectivity index (χ4v) is 3.73. The summed E-state index contributed by atoms with van der Waals surface area (Å²) in [6.07, 6.45) is 6.88. The lowest BCUT2D eigenvalue weighted by atomic mass is 9.97. The summed E-state index contributed by atoms with van der Waals surface area (Å²) in [7, 11) is 0. The number of hydrogen-bond donors (Lipinski definition) is 1. The SMILES string of the molecule is Cc1ccc(-c2cncc(CC(=O)O)c2)c(CN(Cc2ccccn2)C(=O)C2CC2)c1. The summed E-state index contributed by atoms with van der Waals surface area (Å²) in [4.78, 5) is 34.7. The molecule has 1 N–H and O–H groups in total. The van der Waals surface area contributed by atoms with Crippen molar-refractivity contribution >= 4 is 11.9 Å². The fourth-order valence-electron chi connectivity index (χ4n) is 3.73. The molecule has 1 aliphatic carbocycles. The van der Waals surface area contributed by atoms with Crippen molar-refractivity contribution < 1.29 is 14.7 Å². The van der Waals surface area contributed by atoms with Gasteiger partial charge < -0.3 is 10.0 Å². The minimum atomic E-state index is -0.889. The van der Waals surface area contributed by atoms with Gasteiger partial charge in [0.25, 0.3) is 0 Å². The van der Waals surface area contributed by atoms with Gasteiger partial charge in [0.05, 0.1) is 18.7 Å². The van der Waals surface area contributed by atoms with Crippen molar-refractivity contribution in [3.05, 3.63) is 83.4 Å². The highest BCUT2D eigenvalue weighted by molar-refractivity contribution is 5.81. The zero-order chi connectivity index (χ0) is 21.8. The minimum Gasteiger partial charge on any atom is -0.481 e. The van der Waals surface area contributed by atoms with Gasteiger partial charge in [0.1, 0.15) is 0 Å². The Hall–Kier alpha value is -3.54. The average Bonchev–Trinajstić information content (AvgIpc) is 3.59. The van der Waals surface area contributed by atoms with Crippen molar-refractivity contribution in [3.63, 3.8) is 0 Å². The Morgan fingerprint density at radius 2 is 1.94 bits per heavy atom. The first-order valence-corrected chi connectivity index (χ1v) is 10.4. The number of aliphatic carboxylic acids is 1. The second-order valence-corrected chi connectivity index (χ2v) is 8.10. The number of carboxylic acids is 1. The summed E-state index contributed by atoms with van der Waals surface area (Å²) in [6.45, 7) is 2.95. The van der Waals surface area contributed by atoms with Crippen molar-refractivity contribution in [1.82, 2.24) is 14.9 Å². The van der Waals surface area contributed by atoms with E-state index in [2.05, 4.69) is 16.0 Å². The third-order valence-corrected chi connectivity index (χ3v) is 5.40. The van der Waals surface area contributed by atoms with Gasteiger partial charge in [-0.25, -0.2) is 0 Å². The first-order chi connectivity index (χ1) is 15.0. The molecular weight excluding hydrogens is 390 g/mol. The van der Waals surface area contributed by atoms with Crippen LogP contribution in [-0.2, 0) is 29.1 Å². The molecule has 0 radical (unpaired) electrons. The van der Waals surface area contributed by atoms with Crippen LogP contribution in [0.4, 0.5) is 0 Å². The predicted octanol–water partition coefficient (Wildman–Crippen LogP) is 4.02. The monoisotopic (exact) mass is 415 g/mol. The molecule has 0 atom stereocenters. The molecule has 0 spiro atoms. The van der Waals surface area contributed by atoms with Crippen LogP contribution >= 0.6 is 0 Å². The van der Waals surface area contributed by atoms with Gasteiger partial charge in [-0.15, -0.1) is 0 Å². The molecule has 6 nitrogen and oxygen atoms in total. The van der Waals surface area contributed by atoms with Crippen LogP contribution in [0.5, 0.6) is 0 Å². The lowest BCUT2D eigenvalue weighted by Gasteiger charge is -2.24. The molecule has 1 aromatic carbocycles. The Balaban J connectivity index is 1.67. The smallest absolute Gasteiger partial charge is 0.307 e. The Labute approximate surface area is 181 Å². The highest BCUT2D eigenvalue weighted by atomic mass is 16.4. The number of aryl methyl sites for hydroxylation is 1. The Morgan fingerprint density at radius 3 is 2.65 bits per heavy atom. The Kier molecular flexibility index (Phi) is 6.07. The van der Waals surface area contributed by atoms with E-state index in [-0.39, 0.29) is 18.2 Å². The number of hydrogen-bond acceptors (Lipinski definition) is 4. The predicted molar refractivity (Wildman–Crippen MR) is 117 cm³/mol. The van der Waals surface area contributed by atoms with Gasteiger partial charge in [-0.05, 0) is 54.7 Å². The van der Waals surface area contributed by atoms with Gasteiger partial charge in [-0.1, -0.05) is 29.8 Å². The molecule has 3 aromatic rings. The Bertz CT molecular complexity index is 1090. The molecule has 6 heteroatoms. The molecule has 1 aliphatic rings. The van der Waals surface area contributed by atoms with E-state index in [1.807, 2.05) is 48.2 Å². The average molecular weight is 415 g/mol. The third kappa shape index (κ3) is 5.34. The van der Waals surface area contributed by atoms with Gasteiger partial charge >= 0.3 is 5.97 Å². The molecule has 0 saturated heterocycles. The van der Waals surface area contributed by atoms with Gasteiger partial charge in [0.2, 0.25) is 5.91 Å². The number of rotatable bonds is 8. The summed E-state index contributed by atoms with van der Waals surface area (Å²) in [6, 6.07) is 13.7. The highest BCUT2D eigenvalue weighted by Gasteiger charge is 2.33. The first-order valence-electron chi connectivity index (χ1n) is 10.4. The third-order valence-electron chi connectivity index (χ3n) is 5.40. The summed E-state index contributed by atoms with van der Waals surface area (Å²) in [5.41, 5.74) is 5.43. The standard InChI is InChI=1S/C25H25N3O3/c1-17-5-8-23(20-11-18(12-24(29)30)13-26-14-20)21(10-17)15-28(25(31)19-6-7-19)16-22-4-2-3-9-27-22/h2-5,8-11,13-14,19H,6-7,12,15-16H2,1H3,(H,29,30).